The minimum atomic E-state index is -3.79. The molecule has 0 amide bonds. The Labute approximate surface area is 89.2 Å². The molecular formula is C9H14N2O3S. The van der Waals surface area contributed by atoms with Crippen LogP contribution in [0.5, 0.6) is 0 Å². The molecule has 0 saturated carbocycles. The van der Waals surface area contributed by atoms with E-state index in [0.717, 1.165) is 5.56 Å². The molecule has 0 saturated heterocycles. The standard InChI is InChI=1S/C9H14N2O3S/c1-7-2-4-8(5-3-7)15(12,13)14-9(11)6-10/h2-5,9H,6,10-11H2,1H3. The van der Waals surface area contributed by atoms with Crippen LogP contribution in [0.1, 0.15) is 5.56 Å². The molecule has 0 bridgehead atoms. The summed E-state index contributed by atoms with van der Waals surface area (Å²) >= 11 is 0. The lowest BCUT2D eigenvalue weighted by molar-refractivity contribution is 0.225. The molecule has 0 aliphatic heterocycles. The molecule has 1 aromatic rings. The molecule has 1 atom stereocenters. The zero-order valence-corrected chi connectivity index (χ0v) is 9.20. The van der Waals surface area contributed by atoms with Gasteiger partial charge in [-0.15, -0.1) is 0 Å². The molecule has 6 heteroatoms. The van der Waals surface area contributed by atoms with E-state index in [4.69, 9.17) is 11.5 Å². The lowest BCUT2D eigenvalue weighted by Gasteiger charge is -2.10. The second kappa shape index (κ2) is 4.71. The maximum Gasteiger partial charge on any atom is 0.298 e. The van der Waals surface area contributed by atoms with E-state index in [1.807, 2.05) is 6.92 Å². The Bertz CT molecular complexity index is 413. The molecule has 4 N–H and O–H groups in total. The number of benzene rings is 1. The largest absolute Gasteiger partial charge is 0.327 e. The zero-order valence-electron chi connectivity index (χ0n) is 8.38. The molecular weight excluding hydrogens is 216 g/mol. The Morgan fingerprint density at radius 1 is 1.33 bits per heavy atom. The predicted molar refractivity (Wildman–Crippen MR) is 56.5 cm³/mol. The predicted octanol–water partition coefficient (Wildman–Crippen LogP) is -0.0562. The first kappa shape index (κ1) is 12.1. The highest BCUT2D eigenvalue weighted by Crippen LogP contribution is 2.13. The Hall–Kier alpha value is -0.950. The minimum absolute atomic E-state index is 0.0505. The van der Waals surface area contributed by atoms with Gasteiger partial charge in [0.25, 0.3) is 10.1 Å². The molecule has 0 spiro atoms. The van der Waals surface area contributed by atoms with E-state index in [1.165, 1.54) is 12.1 Å². The van der Waals surface area contributed by atoms with Gasteiger partial charge in [0, 0.05) is 6.54 Å². The van der Waals surface area contributed by atoms with Crippen LogP contribution in [0.15, 0.2) is 29.2 Å². The van der Waals surface area contributed by atoms with Gasteiger partial charge in [-0.3, -0.25) is 0 Å². The van der Waals surface area contributed by atoms with Crippen molar-refractivity contribution in [1.29, 1.82) is 0 Å². The first-order valence-corrected chi connectivity index (χ1v) is 5.82. The van der Waals surface area contributed by atoms with Gasteiger partial charge in [-0.1, -0.05) is 17.7 Å². The average Bonchev–Trinajstić information content (AvgIpc) is 2.17. The second-order valence-corrected chi connectivity index (χ2v) is 4.71. The first-order chi connectivity index (χ1) is 6.95. The van der Waals surface area contributed by atoms with Crippen molar-refractivity contribution in [2.24, 2.45) is 11.5 Å². The van der Waals surface area contributed by atoms with Gasteiger partial charge in [-0.25, -0.2) is 4.18 Å². The normalized spacial score (nSPS) is 13.8. The molecule has 15 heavy (non-hydrogen) atoms. The molecule has 0 aromatic heterocycles. The average molecular weight is 230 g/mol. The van der Waals surface area contributed by atoms with E-state index in [1.54, 1.807) is 12.1 Å². The summed E-state index contributed by atoms with van der Waals surface area (Å²) in [5, 5.41) is 0. The Morgan fingerprint density at radius 3 is 2.33 bits per heavy atom. The second-order valence-electron chi connectivity index (χ2n) is 3.14. The van der Waals surface area contributed by atoms with Gasteiger partial charge < -0.3 is 11.5 Å². The lowest BCUT2D eigenvalue weighted by atomic mass is 10.2. The van der Waals surface area contributed by atoms with Gasteiger partial charge in [0.1, 0.15) is 6.23 Å². The van der Waals surface area contributed by atoms with Crippen LogP contribution < -0.4 is 11.5 Å². The monoisotopic (exact) mass is 230 g/mol. The highest BCUT2D eigenvalue weighted by atomic mass is 32.2. The summed E-state index contributed by atoms with van der Waals surface area (Å²) in [5.74, 6) is 0. The fourth-order valence-electron chi connectivity index (χ4n) is 0.962. The van der Waals surface area contributed by atoms with Crippen LogP contribution in [0.2, 0.25) is 0 Å². The van der Waals surface area contributed by atoms with E-state index in [9.17, 15) is 8.42 Å². The Balaban J connectivity index is 2.91. The summed E-state index contributed by atoms with van der Waals surface area (Å²) in [6.45, 7) is 1.81. The smallest absolute Gasteiger partial charge is 0.298 e. The minimum Gasteiger partial charge on any atom is -0.327 e. The highest BCUT2D eigenvalue weighted by Gasteiger charge is 2.17. The molecule has 0 aliphatic rings. The van der Waals surface area contributed by atoms with Crippen LogP contribution in [0.3, 0.4) is 0 Å². The van der Waals surface area contributed by atoms with Crippen molar-refractivity contribution in [2.75, 3.05) is 6.54 Å². The molecule has 84 valence electrons. The van der Waals surface area contributed by atoms with Crippen molar-refractivity contribution in [3.63, 3.8) is 0 Å². The Morgan fingerprint density at radius 2 is 1.87 bits per heavy atom. The molecule has 1 aromatic carbocycles. The van der Waals surface area contributed by atoms with Gasteiger partial charge in [0.05, 0.1) is 4.90 Å². The molecule has 5 nitrogen and oxygen atoms in total. The van der Waals surface area contributed by atoms with Gasteiger partial charge in [0.15, 0.2) is 0 Å². The summed E-state index contributed by atoms with van der Waals surface area (Å²) in [6.07, 6.45) is -1.00. The summed E-state index contributed by atoms with van der Waals surface area (Å²) in [7, 11) is -3.79. The highest BCUT2D eigenvalue weighted by molar-refractivity contribution is 7.86. The molecule has 1 unspecified atom stereocenters. The van der Waals surface area contributed by atoms with Crippen molar-refractivity contribution in [3.05, 3.63) is 29.8 Å². The van der Waals surface area contributed by atoms with Gasteiger partial charge in [0.2, 0.25) is 0 Å². The van der Waals surface area contributed by atoms with Gasteiger partial charge >= 0.3 is 0 Å². The SMILES string of the molecule is Cc1ccc(S(=O)(=O)OC(N)CN)cc1. The van der Waals surface area contributed by atoms with Gasteiger partial charge in [-0.05, 0) is 19.1 Å². The van der Waals surface area contributed by atoms with E-state index in [0.29, 0.717) is 0 Å². The number of nitrogens with two attached hydrogens (primary N) is 2. The summed E-state index contributed by atoms with van der Waals surface area (Å²) in [4.78, 5) is 0.0806. The number of rotatable bonds is 4. The summed E-state index contributed by atoms with van der Waals surface area (Å²) in [6, 6.07) is 6.30. The van der Waals surface area contributed by atoms with Crippen molar-refractivity contribution in [2.45, 2.75) is 18.0 Å². The van der Waals surface area contributed by atoms with Crippen LogP contribution in [-0.4, -0.2) is 21.2 Å². The number of hydrogen-bond acceptors (Lipinski definition) is 5. The maximum atomic E-state index is 11.6. The zero-order chi connectivity index (χ0) is 11.5. The van der Waals surface area contributed by atoms with Gasteiger partial charge in [-0.2, -0.15) is 8.42 Å². The summed E-state index contributed by atoms with van der Waals surface area (Å²) < 4.78 is 27.7. The van der Waals surface area contributed by atoms with Crippen LogP contribution in [0.25, 0.3) is 0 Å². The third-order valence-electron chi connectivity index (χ3n) is 1.79. The van der Waals surface area contributed by atoms with E-state index < -0.39 is 16.3 Å². The van der Waals surface area contributed by atoms with Crippen molar-refractivity contribution in [3.8, 4) is 0 Å². The fourth-order valence-corrected chi connectivity index (χ4v) is 1.95. The summed E-state index contributed by atoms with van der Waals surface area (Å²) in [5.41, 5.74) is 11.4. The molecule has 0 heterocycles. The van der Waals surface area contributed by atoms with Crippen molar-refractivity contribution in [1.82, 2.24) is 0 Å². The van der Waals surface area contributed by atoms with Crippen LogP contribution in [-0.2, 0) is 14.3 Å². The van der Waals surface area contributed by atoms with E-state index in [-0.39, 0.29) is 11.4 Å². The topological polar surface area (TPSA) is 95.4 Å². The van der Waals surface area contributed by atoms with Crippen LogP contribution in [0.4, 0.5) is 0 Å². The third-order valence-corrected chi connectivity index (χ3v) is 3.14. The van der Waals surface area contributed by atoms with Crippen LogP contribution >= 0.6 is 0 Å². The fraction of sp³-hybridized carbons (Fsp3) is 0.333. The molecule has 0 aliphatic carbocycles. The molecule has 0 radical (unpaired) electrons. The van der Waals surface area contributed by atoms with Crippen molar-refractivity contribution < 1.29 is 12.6 Å². The van der Waals surface area contributed by atoms with Crippen LogP contribution in [0, 0.1) is 6.92 Å². The maximum absolute atomic E-state index is 11.6. The Kier molecular flexibility index (Phi) is 3.81. The van der Waals surface area contributed by atoms with E-state index in [2.05, 4.69) is 4.18 Å². The first-order valence-electron chi connectivity index (χ1n) is 4.41. The molecule has 0 fully saturated rings. The van der Waals surface area contributed by atoms with Crippen molar-refractivity contribution >= 4 is 10.1 Å². The quantitative estimate of drug-likeness (QED) is 0.558. The number of hydrogen-bond donors (Lipinski definition) is 2. The third kappa shape index (κ3) is 3.28. The lowest BCUT2D eigenvalue weighted by Crippen LogP contribution is -2.34. The van der Waals surface area contributed by atoms with E-state index >= 15 is 0 Å². The molecule has 1 rings (SSSR count). The number of aryl methyl sites for hydroxylation is 1.